The smallest absolute Gasteiger partial charge is 0.255 e. The quantitative estimate of drug-likeness (QED) is 0.751. The highest BCUT2D eigenvalue weighted by atomic mass is 79.9. The van der Waals surface area contributed by atoms with Crippen molar-refractivity contribution in [1.82, 2.24) is 4.57 Å². The molecule has 1 amide bonds. The first-order chi connectivity index (χ1) is 9.63. The molecule has 0 saturated carbocycles. The summed E-state index contributed by atoms with van der Waals surface area (Å²) in [7, 11) is 1.99. The Labute approximate surface area is 125 Å². The minimum absolute atomic E-state index is 0.111. The largest absolute Gasteiger partial charge is 0.350 e. The second kappa shape index (κ2) is 5.13. The van der Waals surface area contributed by atoms with Crippen molar-refractivity contribution >= 4 is 38.4 Å². The van der Waals surface area contributed by atoms with Gasteiger partial charge in [-0.25, -0.2) is 0 Å². The van der Waals surface area contributed by atoms with E-state index in [4.69, 9.17) is 0 Å². The molecular formula is C16H13BrN2O. The van der Waals surface area contributed by atoms with Crippen molar-refractivity contribution in [3.63, 3.8) is 0 Å². The first-order valence-corrected chi connectivity index (χ1v) is 7.05. The van der Waals surface area contributed by atoms with Crippen molar-refractivity contribution in [2.75, 3.05) is 5.32 Å². The lowest BCUT2D eigenvalue weighted by molar-refractivity contribution is 0.102. The molecule has 2 aromatic carbocycles. The fraction of sp³-hybridized carbons (Fsp3) is 0.0625. The molecule has 1 heterocycles. The van der Waals surface area contributed by atoms with Crippen LogP contribution >= 0.6 is 15.9 Å². The lowest BCUT2D eigenvalue weighted by Crippen LogP contribution is -2.11. The number of aromatic nitrogens is 1. The third kappa shape index (κ3) is 2.47. The van der Waals surface area contributed by atoms with Crippen molar-refractivity contribution < 1.29 is 4.79 Å². The van der Waals surface area contributed by atoms with Crippen LogP contribution in [0.2, 0.25) is 0 Å². The minimum atomic E-state index is -0.111. The number of nitrogens with zero attached hydrogens (tertiary/aromatic N) is 1. The van der Waals surface area contributed by atoms with Crippen LogP contribution < -0.4 is 5.32 Å². The molecule has 4 heteroatoms. The molecule has 0 unspecified atom stereocenters. The standard InChI is InChI=1S/C16H13BrN2O/c1-19-8-7-11-5-6-14(10-15(11)19)18-16(20)12-3-2-4-13(17)9-12/h2-10H,1H3,(H,18,20). The van der Waals surface area contributed by atoms with Crippen molar-refractivity contribution in [2.45, 2.75) is 0 Å². The molecule has 3 nitrogen and oxygen atoms in total. The number of carbonyl (C=O) groups excluding carboxylic acids is 1. The number of nitrogens with one attached hydrogen (secondary N) is 1. The Balaban J connectivity index is 1.89. The summed E-state index contributed by atoms with van der Waals surface area (Å²) in [6.45, 7) is 0. The molecule has 100 valence electrons. The Hall–Kier alpha value is -2.07. The summed E-state index contributed by atoms with van der Waals surface area (Å²) < 4.78 is 2.92. The van der Waals surface area contributed by atoms with Crippen LogP contribution in [0.3, 0.4) is 0 Å². The number of carbonyl (C=O) groups is 1. The van der Waals surface area contributed by atoms with Crippen LogP contribution in [-0.2, 0) is 7.05 Å². The van der Waals surface area contributed by atoms with Gasteiger partial charge >= 0.3 is 0 Å². The number of amides is 1. The number of aryl methyl sites for hydroxylation is 1. The first kappa shape index (κ1) is 12.9. The van der Waals surface area contributed by atoms with Gasteiger partial charge in [0.05, 0.1) is 0 Å². The zero-order valence-electron chi connectivity index (χ0n) is 10.9. The summed E-state index contributed by atoms with van der Waals surface area (Å²) in [5.74, 6) is -0.111. The summed E-state index contributed by atoms with van der Waals surface area (Å²) in [6, 6.07) is 15.3. The lowest BCUT2D eigenvalue weighted by Gasteiger charge is -2.06. The average molecular weight is 329 g/mol. The number of hydrogen-bond acceptors (Lipinski definition) is 1. The molecule has 3 aromatic rings. The maximum absolute atomic E-state index is 12.2. The van der Waals surface area contributed by atoms with Crippen molar-refractivity contribution in [1.29, 1.82) is 0 Å². The second-order valence-electron chi connectivity index (χ2n) is 4.66. The van der Waals surface area contributed by atoms with Gasteiger partial charge in [-0.2, -0.15) is 0 Å². The normalized spacial score (nSPS) is 10.7. The average Bonchev–Trinajstić information content (AvgIpc) is 2.80. The van der Waals surface area contributed by atoms with Crippen molar-refractivity contribution in [2.24, 2.45) is 7.05 Å². The monoisotopic (exact) mass is 328 g/mol. The molecule has 0 aliphatic carbocycles. The van der Waals surface area contributed by atoms with Crippen molar-refractivity contribution in [3.05, 3.63) is 64.8 Å². The molecule has 0 saturated heterocycles. The molecule has 0 atom stereocenters. The van der Waals surface area contributed by atoms with Crippen LogP contribution in [0.15, 0.2) is 59.2 Å². The van der Waals surface area contributed by atoms with Crippen LogP contribution in [0.1, 0.15) is 10.4 Å². The van der Waals surface area contributed by atoms with E-state index in [0.717, 1.165) is 21.1 Å². The van der Waals surface area contributed by atoms with Crippen LogP contribution in [0.25, 0.3) is 10.9 Å². The summed E-state index contributed by atoms with van der Waals surface area (Å²) in [5.41, 5.74) is 2.52. The van der Waals surface area contributed by atoms with Gasteiger partial charge in [0.15, 0.2) is 0 Å². The van der Waals surface area contributed by atoms with E-state index in [2.05, 4.69) is 27.3 Å². The van der Waals surface area contributed by atoms with Gasteiger partial charge in [0.2, 0.25) is 0 Å². The van der Waals surface area contributed by atoms with E-state index >= 15 is 0 Å². The number of halogens is 1. The fourth-order valence-electron chi connectivity index (χ4n) is 2.17. The Morgan fingerprint density at radius 2 is 2.00 bits per heavy atom. The van der Waals surface area contributed by atoms with Gasteiger partial charge in [-0.15, -0.1) is 0 Å². The molecule has 0 fully saturated rings. The van der Waals surface area contributed by atoms with E-state index in [1.807, 2.05) is 48.1 Å². The summed E-state index contributed by atoms with van der Waals surface area (Å²) in [6.07, 6.45) is 2.00. The number of anilines is 1. The highest BCUT2D eigenvalue weighted by Gasteiger charge is 2.07. The number of hydrogen-bond donors (Lipinski definition) is 1. The van der Waals surface area contributed by atoms with E-state index in [-0.39, 0.29) is 5.91 Å². The first-order valence-electron chi connectivity index (χ1n) is 6.25. The Morgan fingerprint density at radius 1 is 1.15 bits per heavy atom. The predicted octanol–water partition coefficient (Wildman–Crippen LogP) is 4.19. The summed E-state index contributed by atoms with van der Waals surface area (Å²) >= 11 is 3.37. The van der Waals surface area contributed by atoms with E-state index < -0.39 is 0 Å². The van der Waals surface area contributed by atoms with Crippen LogP contribution in [-0.4, -0.2) is 10.5 Å². The van der Waals surface area contributed by atoms with Crippen molar-refractivity contribution in [3.8, 4) is 0 Å². The van der Waals surface area contributed by atoms with Crippen LogP contribution in [0, 0.1) is 0 Å². The zero-order chi connectivity index (χ0) is 14.1. The van der Waals surface area contributed by atoms with Gasteiger partial charge in [0.25, 0.3) is 5.91 Å². The molecular weight excluding hydrogens is 316 g/mol. The van der Waals surface area contributed by atoms with Crippen LogP contribution in [0.5, 0.6) is 0 Å². The Morgan fingerprint density at radius 3 is 2.80 bits per heavy atom. The molecule has 0 bridgehead atoms. The fourth-order valence-corrected chi connectivity index (χ4v) is 2.57. The maximum Gasteiger partial charge on any atom is 0.255 e. The number of benzene rings is 2. The van der Waals surface area contributed by atoms with E-state index in [1.54, 1.807) is 12.1 Å². The van der Waals surface area contributed by atoms with Crippen LogP contribution in [0.4, 0.5) is 5.69 Å². The third-order valence-corrected chi connectivity index (χ3v) is 3.73. The maximum atomic E-state index is 12.2. The molecule has 20 heavy (non-hydrogen) atoms. The second-order valence-corrected chi connectivity index (χ2v) is 5.58. The number of rotatable bonds is 2. The minimum Gasteiger partial charge on any atom is -0.350 e. The molecule has 0 aliphatic rings. The summed E-state index contributed by atoms with van der Waals surface area (Å²) in [5, 5.41) is 4.08. The molecule has 1 aromatic heterocycles. The van der Waals surface area contributed by atoms with Gasteiger partial charge in [-0.3, -0.25) is 4.79 Å². The SMILES string of the molecule is Cn1ccc2ccc(NC(=O)c3cccc(Br)c3)cc21. The highest BCUT2D eigenvalue weighted by molar-refractivity contribution is 9.10. The zero-order valence-corrected chi connectivity index (χ0v) is 12.5. The number of fused-ring (bicyclic) bond motifs is 1. The van der Waals surface area contributed by atoms with E-state index in [0.29, 0.717) is 5.56 Å². The van der Waals surface area contributed by atoms with Gasteiger partial charge in [-0.1, -0.05) is 28.1 Å². The van der Waals surface area contributed by atoms with Gasteiger partial charge in [-0.05, 0) is 41.8 Å². The summed E-state index contributed by atoms with van der Waals surface area (Å²) in [4.78, 5) is 12.2. The highest BCUT2D eigenvalue weighted by Crippen LogP contribution is 2.20. The van der Waals surface area contributed by atoms with E-state index in [1.165, 1.54) is 0 Å². The lowest BCUT2D eigenvalue weighted by atomic mass is 10.2. The Kier molecular flexibility index (Phi) is 3.32. The third-order valence-electron chi connectivity index (χ3n) is 3.23. The topological polar surface area (TPSA) is 34.0 Å². The molecule has 0 spiro atoms. The Bertz CT molecular complexity index is 792. The molecule has 0 radical (unpaired) electrons. The van der Waals surface area contributed by atoms with Gasteiger partial charge in [0.1, 0.15) is 0 Å². The van der Waals surface area contributed by atoms with Gasteiger partial charge < -0.3 is 9.88 Å². The molecule has 3 rings (SSSR count). The molecule has 1 N–H and O–H groups in total. The molecule has 0 aliphatic heterocycles. The predicted molar refractivity (Wildman–Crippen MR) is 85.0 cm³/mol. The van der Waals surface area contributed by atoms with E-state index in [9.17, 15) is 4.79 Å². The van der Waals surface area contributed by atoms with Gasteiger partial charge in [0, 0.05) is 34.5 Å².